The van der Waals surface area contributed by atoms with E-state index in [9.17, 15) is 0 Å². The van der Waals surface area contributed by atoms with Crippen molar-refractivity contribution in [3.63, 3.8) is 0 Å². The maximum atomic E-state index is 5.96. The smallest absolute Gasteiger partial charge is 0.154 e. The molecule has 0 amide bonds. The third-order valence-corrected chi connectivity index (χ3v) is 4.64. The van der Waals surface area contributed by atoms with Crippen LogP contribution in [0.25, 0.3) is 16.9 Å². The van der Waals surface area contributed by atoms with E-state index in [1.165, 1.54) is 5.56 Å². The fourth-order valence-electron chi connectivity index (χ4n) is 3.23. The summed E-state index contributed by atoms with van der Waals surface area (Å²) in [5.74, 6) is 2.43. The lowest BCUT2D eigenvalue weighted by Crippen LogP contribution is -2.02. The molecule has 0 spiro atoms. The van der Waals surface area contributed by atoms with Crippen molar-refractivity contribution in [3.05, 3.63) is 65.7 Å². The number of nitrogen functional groups attached to an aromatic ring is 1. The number of benzene rings is 1. The Balaban J connectivity index is 1.99. The Morgan fingerprint density at radius 3 is 2.74 bits per heavy atom. The van der Waals surface area contributed by atoms with Crippen molar-refractivity contribution < 1.29 is 9.15 Å². The predicted molar refractivity (Wildman–Crippen MR) is 105 cm³/mol. The minimum Gasteiger partial charge on any atom is -0.496 e. The van der Waals surface area contributed by atoms with Crippen molar-refractivity contribution in [1.29, 1.82) is 0 Å². The van der Waals surface area contributed by atoms with Crippen LogP contribution < -0.4 is 10.5 Å². The summed E-state index contributed by atoms with van der Waals surface area (Å²) in [4.78, 5) is 4.78. The van der Waals surface area contributed by atoms with Gasteiger partial charge in [-0.3, -0.25) is 0 Å². The van der Waals surface area contributed by atoms with Crippen molar-refractivity contribution in [2.24, 2.45) is 0 Å². The molecule has 0 aliphatic rings. The van der Waals surface area contributed by atoms with E-state index >= 15 is 0 Å². The molecule has 2 N–H and O–H groups in total. The molecular weight excluding hydrogens is 340 g/mol. The van der Waals surface area contributed by atoms with E-state index in [1.807, 2.05) is 24.3 Å². The van der Waals surface area contributed by atoms with Gasteiger partial charge in [0.25, 0.3) is 0 Å². The molecule has 6 nitrogen and oxygen atoms in total. The van der Waals surface area contributed by atoms with Crippen molar-refractivity contribution in [2.75, 3.05) is 12.8 Å². The molecule has 0 bridgehead atoms. The largest absolute Gasteiger partial charge is 0.496 e. The summed E-state index contributed by atoms with van der Waals surface area (Å²) < 4.78 is 13.0. The average Bonchev–Trinajstić information content (AvgIpc) is 3.28. The zero-order valence-electron chi connectivity index (χ0n) is 15.6. The molecule has 0 saturated heterocycles. The topological polar surface area (TPSA) is 78.6 Å². The average molecular weight is 362 g/mol. The minimum atomic E-state index is 0.389. The number of anilines is 1. The Morgan fingerprint density at radius 1 is 1.19 bits per heavy atom. The third kappa shape index (κ3) is 3.14. The van der Waals surface area contributed by atoms with Crippen LogP contribution in [0.2, 0.25) is 0 Å². The molecule has 0 fully saturated rings. The fraction of sp³-hybridized carbons (Fsp3) is 0.238. The van der Waals surface area contributed by atoms with Gasteiger partial charge < -0.3 is 14.9 Å². The molecule has 0 saturated carbocycles. The Kier molecular flexibility index (Phi) is 4.32. The van der Waals surface area contributed by atoms with E-state index in [2.05, 4.69) is 31.1 Å². The lowest BCUT2D eigenvalue weighted by Gasteiger charge is -2.13. The van der Waals surface area contributed by atoms with Crippen LogP contribution >= 0.6 is 0 Å². The highest BCUT2D eigenvalue weighted by Crippen LogP contribution is 2.36. The molecule has 6 heteroatoms. The van der Waals surface area contributed by atoms with Crippen molar-refractivity contribution in [2.45, 2.75) is 26.2 Å². The van der Waals surface area contributed by atoms with E-state index in [0.717, 1.165) is 34.1 Å². The molecular formula is C21H22N4O2. The number of furan rings is 1. The van der Waals surface area contributed by atoms with E-state index in [-0.39, 0.29) is 0 Å². The van der Waals surface area contributed by atoms with E-state index < -0.39 is 0 Å². The van der Waals surface area contributed by atoms with Gasteiger partial charge in [0.2, 0.25) is 0 Å². The number of hydrogen-bond donors (Lipinski definition) is 1. The highest BCUT2D eigenvalue weighted by Gasteiger charge is 2.21. The van der Waals surface area contributed by atoms with Crippen LogP contribution in [0.5, 0.6) is 5.75 Å². The lowest BCUT2D eigenvalue weighted by atomic mass is 9.97. The molecule has 0 atom stereocenters. The maximum Gasteiger partial charge on any atom is 0.154 e. The number of hydrogen-bond acceptors (Lipinski definition) is 5. The summed E-state index contributed by atoms with van der Waals surface area (Å²) in [5, 5.41) is 4.50. The normalized spacial score (nSPS) is 11.4. The summed E-state index contributed by atoms with van der Waals surface area (Å²) in [6.45, 7) is 4.33. The van der Waals surface area contributed by atoms with Crippen molar-refractivity contribution >= 4 is 11.5 Å². The van der Waals surface area contributed by atoms with Crippen LogP contribution in [0.3, 0.4) is 0 Å². The summed E-state index contributed by atoms with van der Waals surface area (Å²) in [6, 6.07) is 13.7. The predicted octanol–water partition coefficient (Wildman–Crippen LogP) is 4.29. The molecule has 1 aromatic carbocycles. The van der Waals surface area contributed by atoms with Gasteiger partial charge in [0.05, 0.1) is 25.5 Å². The van der Waals surface area contributed by atoms with Crippen LogP contribution in [-0.2, 0) is 6.42 Å². The maximum absolute atomic E-state index is 5.96. The van der Waals surface area contributed by atoms with Gasteiger partial charge in [0.15, 0.2) is 5.65 Å². The second kappa shape index (κ2) is 6.79. The van der Waals surface area contributed by atoms with E-state index in [4.69, 9.17) is 19.9 Å². The highest BCUT2D eigenvalue weighted by atomic mass is 16.5. The first-order valence-corrected chi connectivity index (χ1v) is 8.91. The van der Waals surface area contributed by atoms with Gasteiger partial charge in [0, 0.05) is 5.56 Å². The lowest BCUT2D eigenvalue weighted by molar-refractivity contribution is 0.416. The SMILES string of the molecule is COc1ccc(C(C)C)cc1-c1c(Cc2ccco2)nc2ccc(N)nn12. The van der Waals surface area contributed by atoms with Crippen LogP contribution in [0, 0.1) is 0 Å². The van der Waals surface area contributed by atoms with Crippen molar-refractivity contribution in [3.8, 4) is 17.0 Å². The Hall–Kier alpha value is -3.28. The molecule has 138 valence electrons. The Labute approximate surface area is 157 Å². The molecule has 0 aliphatic carbocycles. The Morgan fingerprint density at radius 2 is 2.04 bits per heavy atom. The van der Waals surface area contributed by atoms with Gasteiger partial charge in [-0.25, -0.2) is 9.50 Å². The number of fused-ring (bicyclic) bond motifs is 1. The quantitative estimate of drug-likeness (QED) is 0.573. The first-order valence-electron chi connectivity index (χ1n) is 8.91. The number of nitrogens with zero attached hydrogens (tertiary/aromatic N) is 3. The number of aromatic nitrogens is 3. The van der Waals surface area contributed by atoms with Gasteiger partial charge in [-0.15, -0.1) is 5.10 Å². The molecule has 0 aliphatic heterocycles. The van der Waals surface area contributed by atoms with Gasteiger partial charge in [0.1, 0.15) is 23.0 Å². The molecule has 3 aromatic heterocycles. The summed E-state index contributed by atoms with van der Waals surface area (Å²) in [6.07, 6.45) is 2.22. The standard InChI is InChI=1S/C21H22N4O2/c1-13(2)14-6-7-18(26-3)16(11-14)21-17(12-15-5-4-10-27-15)23-20-9-8-19(22)24-25(20)21/h4-11,13H,12H2,1-3H3,(H2,22,24). The number of methoxy groups -OCH3 is 1. The van der Waals surface area contributed by atoms with E-state index in [1.54, 1.807) is 24.0 Å². The number of ether oxygens (including phenoxy) is 1. The first kappa shape index (κ1) is 17.1. The molecule has 27 heavy (non-hydrogen) atoms. The first-order chi connectivity index (χ1) is 13.1. The summed E-state index contributed by atoms with van der Waals surface area (Å²) >= 11 is 0. The summed E-state index contributed by atoms with van der Waals surface area (Å²) in [7, 11) is 1.67. The molecule has 3 heterocycles. The van der Waals surface area contributed by atoms with Gasteiger partial charge in [-0.05, 0) is 47.9 Å². The van der Waals surface area contributed by atoms with Gasteiger partial charge in [-0.1, -0.05) is 19.9 Å². The fourth-order valence-corrected chi connectivity index (χ4v) is 3.23. The number of imidazole rings is 1. The van der Waals surface area contributed by atoms with Crippen LogP contribution in [0.4, 0.5) is 5.82 Å². The van der Waals surface area contributed by atoms with Crippen LogP contribution in [-0.4, -0.2) is 21.7 Å². The zero-order valence-corrected chi connectivity index (χ0v) is 15.6. The second-order valence-electron chi connectivity index (χ2n) is 6.81. The van der Waals surface area contributed by atoms with Crippen LogP contribution in [0.15, 0.2) is 53.1 Å². The third-order valence-electron chi connectivity index (χ3n) is 4.64. The van der Waals surface area contributed by atoms with Gasteiger partial charge in [-0.2, -0.15) is 0 Å². The van der Waals surface area contributed by atoms with Crippen molar-refractivity contribution in [1.82, 2.24) is 14.6 Å². The number of rotatable bonds is 5. The molecule has 0 unspecified atom stereocenters. The van der Waals surface area contributed by atoms with Crippen LogP contribution in [0.1, 0.15) is 36.8 Å². The van der Waals surface area contributed by atoms with E-state index in [0.29, 0.717) is 18.2 Å². The van der Waals surface area contributed by atoms with Gasteiger partial charge >= 0.3 is 0 Å². The summed E-state index contributed by atoms with van der Waals surface area (Å²) in [5.41, 5.74) is 10.6. The zero-order chi connectivity index (χ0) is 19.0. The minimum absolute atomic E-state index is 0.389. The molecule has 4 rings (SSSR count). The molecule has 0 radical (unpaired) electrons. The second-order valence-corrected chi connectivity index (χ2v) is 6.81. The molecule has 4 aromatic rings. The number of nitrogens with two attached hydrogens (primary N) is 1. The highest BCUT2D eigenvalue weighted by molar-refractivity contribution is 5.74. The monoisotopic (exact) mass is 362 g/mol. The Bertz CT molecular complexity index is 1080.